The monoisotopic (exact) mass is 409 g/mol. The van der Waals surface area contributed by atoms with E-state index in [0.717, 1.165) is 17.0 Å². The van der Waals surface area contributed by atoms with Gasteiger partial charge in [0.2, 0.25) is 0 Å². The van der Waals surface area contributed by atoms with E-state index in [0.29, 0.717) is 23.0 Å². The zero-order valence-corrected chi connectivity index (χ0v) is 16.6. The molecule has 1 atom stereocenters. The number of carbonyl (C=O) groups excluding carboxylic acids is 2. The van der Waals surface area contributed by atoms with Gasteiger partial charge in [-0.2, -0.15) is 0 Å². The summed E-state index contributed by atoms with van der Waals surface area (Å²) in [7, 11) is 0. The minimum absolute atomic E-state index is 0.239. The Kier molecular flexibility index (Phi) is 5.57. The summed E-state index contributed by atoms with van der Waals surface area (Å²) in [5, 5.41) is 11.4. The fourth-order valence-electron chi connectivity index (χ4n) is 3.09. The first-order valence-electron chi connectivity index (χ1n) is 9.18. The lowest BCUT2D eigenvalue weighted by atomic mass is 10.2. The average Bonchev–Trinajstić information content (AvgIpc) is 3.22. The second-order valence-electron chi connectivity index (χ2n) is 6.61. The minimum Gasteiger partial charge on any atom is -0.452 e. The molecule has 3 aromatic rings. The molecular formula is C20H19N5O3S. The minimum atomic E-state index is -0.570. The number of carbonyl (C=O) groups is 2. The Morgan fingerprint density at radius 2 is 2.07 bits per heavy atom. The van der Waals surface area contributed by atoms with E-state index in [4.69, 9.17) is 4.74 Å². The summed E-state index contributed by atoms with van der Waals surface area (Å²) in [4.78, 5) is 28.0. The van der Waals surface area contributed by atoms with Gasteiger partial charge in [0.25, 0.3) is 5.91 Å². The van der Waals surface area contributed by atoms with Gasteiger partial charge in [-0.1, -0.05) is 25.1 Å². The lowest BCUT2D eigenvalue weighted by Gasteiger charge is -2.22. The first-order chi connectivity index (χ1) is 14.1. The molecule has 9 heteroatoms. The summed E-state index contributed by atoms with van der Waals surface area (Å²) in [6, 6.07) is 14.5. The number of para-hydroxylation sites is 1. The van der Waals surface area contributed by atoms with Gasteiger partial charge in [-0.3, -0.25) is 4.79 Å². The van der Waals surface area contributed by atoms with Crippen LogP contribution in [-0.4, -0.2) is 50.5 Å². The highest BCUT2D eigenvalue weighted by atomic mass is 32.2. The van der Waals surface area contributed by atoms with Crippen molar-refractivity contribution in [3.05, 3.63) is 60.4 Å². The third-order valence-corrected chi connectivity index (χ3v) is 5.80. The summed E-state index contributed by atoms with van der Waals surface area (Å²) in [5.41, 5.74) is 1.82. The van der Waals surface area contributed by atoms with E-state index >= 15 is 0 Å². The smallest absolute Gasteiger partial charge is 0.338 e. The van der Waals surface area contributed by atoms with Crippen molar-refractivity contribution in [3.63, 3.8) is 0 Å². The molecule has 0 bridgehead atoms. The van der Waals surface area contributed by atoms with E-state index in [1.54, 1.807) is 40.9 Å². The maximum absolute atomic E-state index is 12.8. The van der Waals surface area contributed by atoms with Crippen LogP contribution in [0, 0.1) is 0 Å². The summed E-state index contributed by atoms with van der Waals surface area (Å²) >= 11 is 1.76. The van der Waals surface area contributed by atoms with Crippen LogP contribution in [0.1, 0.15) is 23.7 Å². The largest absolute Gasteiger partial charge is 0.452 e. The van der Waals surface area contributed by atoms with Crippen molar-refractivity contribution >= 4 is 29.3 Å². The molecule has 0 spiro atoms. The Labute approximate surface area is 171 Å². The zero-order chi connectivity index (χ0) is 20.2. The van der Waals surface area contributed by atoms with Crippen LogP contribution in [0.25, 0.3) is 5.69 Å². The molecule has 1 amide bonds. The highest BCUT2D eigenvalue weighted by Crippen LogP contribution is 2.37. The van der Waals surface area contributed by atoms with Gasteiger partial charge in [0.1, 0.15) is 6.33 Å². The molecule has 0 unspecified atom stereocenters. The molecular weight excluding hydrogens is 390 g/mol. The summed E-state index contributed by atoms with van der Waals surface area (Å²) < 4.78 is 6.74. The molecule has 1 aromatic heterocycles. The zero-order valence-electron chi connectivity index (χ0n) is 15.8. The number of fused-ring (bicyclic) bond motifs is 1. The Hall–Kier alpha value is -3.20. The van der Waals surface area contributed by atoms with Crippen LogP contribution in [0.4, 0.5) is 5.69 Å². The fraction of sp³-hybridized carbons (Fsp3) is 0.250. The standard InChI is InChI=1S/C20H19N5O3S/c1-14-9-10-24(17-7-2-3-8-18(17)29-14)19(26)12-28-20(27)15-5-4-6-16(11-15)25-13-21-22-23-25/h2-8,11,13-14H,9-10,12H2,1H3/t14-/m1/s1. The number of hydrogen-bond acceptors (Lipinski definition) is 7. The van der Waals surface area contributed by atoms with Crippen molar-refractivity contribution in [1.29, 1.82) is 0 Å². The number of aromatic nitrogens is 4. The molecule has 148 valence electrons. The quantitative estimate of drug-likeness (QED) is 0.612. The lowest BCUT2D eigenvalue weighted by Crippen LogP contribution is -2.35. The van der Waals surface area contributed by atoms with Crippen LogP contribution < -0.4 is 4.90 Å². The number of hydrogen-bond donors (Lipinski definition) is 0. The highest BCUT2D eigenvalue weighted by Gasteiger charge is 2.25. The van der Waals surface area contributed by atoms with E-state index in [2.05, 4.69) is 22.4 Å². The second-order valence-corrected chi connectivity index (χ2v) is 8.09. The van der Waals surface area contributed by atoms with Crippen molar-refractivity contribution < 1.29 is 14.3 Å². The van der Waals surface area contributed by atoms with E-state index < -0.39 is 5.97 Å². The molecule has 0 saturated heterocycles. The Balaban J connectivity index is 1.45. The van der Waals surface area contributed by atoms with Crippen LogP contribution in [0.5, 0.6) is 0 Å². The number of amides is 1. The van der Waals surface area contributed by atoms with Crippen molar-refractivity contribution in [3.8, 4) is 5.69 Å². The number of anilines is 1. The SMILES string of the molecule is C[C@@H]1CCN(C(=O)COC(=O)c2cccc(-n3cnnn3)c2)c2ccccc2S1. The molecule has 1 aliphatic heterocycles. The number of thioether (sulfide) groups is 1. The van der Waals surface area contributed by atoms with E-state index in [9.17, 15) is 9.59 Å². The lowest BCUT2D eigenvalue weighted by molar-refractivity contribution is -0.121. The Morgan fingerprint density at radius 1 is 1.21 bits per heavy atom. The maximum atomic E-state index is 12.8. The van der Waals surface area contributed by atoms with Crippen LogP contribution in [0.15, 0.2) is 59.8 Å². The molecule has 29 heavy (non-hydrogen) atoms. The van der Waals surface area contributed by atoms with Crippen LogP contribution in [0.3, 0.4) is 0 Å². The number of benzene rings is 2. The fourth-order valence-corrected chi connectivity index (χ4v) is 4.20. The number of tetrazole rings is 1. The predicted octanol–water partition coefficient (Wildman–Crippen LogP) is 2.74. The van der Waals surface area contributed by atoms with E-state index in [1.807, 2.05) is 24.3 Å². The molecule has 4 rings (SSSR count). The molecule has 2 aromatic carbocycles. The number of rotatable bonds is 4. The first-order valence-corrected chi connectivity index (χ1v) is 10.1. The van der Waals surface area contributed by atoms with Crippen LogP contribution >= 0.6 is 11.8 Å². The van der Waals surface area contributed by atoms with Gasteiger partial charge in [-0.15, -0.1) is 16.9 Å². The maximum Gasteiger partial charge on any atom is 0.338 e. The Bertz CT molecular complexity index is 1020. The third kappa shape index (κ3) is 4.29. The average molecular weight is 409 g/mol. The van der Waals surface area contributed by atoms with Gasteiger partial charge < -0.3 is 9.64 Å². The molecule has 8 nitrogen and oxygen atoms in total. The predicted molar refractivity (Wildman–Crippen MR) is 108 cm³/mol. The van der Waals surface area contributed by atoms with Gasteiger partial charge in [-0.25, -0.2) is 9.48 Å². The van der Waals surface area contributed by atoms with Crippen LogP contribution in [0.2, 0.25) is 0 Å². The molecule has 0 saturated carbocycles. The summed E-state index contributed by atoms with van der Waals surface area (Å²) in [6.45, 7) is 2.42. The van der Waals surface area contributed by atoms with Gasteiger partial charge in [-0.05, 0) is 47.2 Å². The molecule has 2 heterocycles. The Morgan fingerprint density at radius 3 is 2.90 bits per heavy atom. The van der Waals surface area contributed by atoms with E-state index in [1.165, 1.54) is 11.0 Å². The van der Waals surface area contributed by atoms with Crippen LogP contribution in [-0.2, 0) is 9.53 Å². The third-order valence-electron chi connectivity index (χ3n) is 4.57. The number of esters is 1. The molecule has 1 aliphatic rings. The van der Waals surface area contributed by atoms with Gasteiger partial charge >= 0.3 is 5.97 Å². The van der Waals surface area contributed by atoms with Crippen molar-refractivity contribution in [2.75, 3.05) is 18.1 Å². The molecule has 0 N–H and O–H groups in total. The van der Waals surface area contributed by atoms with Crippen molar-refractivity contribution in [1.82, 2.24) is 20.2 Å². The topological polar surface area (TPSA) is 90.2 Å². The van der Waals surface area contributed by atoms with Gasteiger partial charge in [0, 0.05) is 16.7 Å². The summed E-state index contributed by atoms with van der Waals surface area (Å²) in [5.74, 6) is -0.809. The number of nitrogens with zero attached hydrogens (tertiary/aromatic N) is 5. The normalized spacial score (nSPS) is 16.0. The summed E-state index contributed by atoms with van der Waals surface area (Å²) in [6.07, 6.45) is 2.30. The van der Waals surface area contributed by atoms with Gasteiger partial charge in [0.05, 0.1) is 16.9 Å². The van der Waals surface area contributed by atoms with Gasteiger partial charge in [0.15, 0.2) is 6.61 Å². The number of ether oxygens (including phenoxy) is 1. The van der Waals surface area contributed by atoms with Crippen molar-refractivity contribution in [2.24, 2.45) is 0 Å². The second kappa shape index (κ2) is 8.44. The van der Waals surface area contributed by atoms with E-state index in [-0.39, 0.29) is 12.5 Å². The first kappa shape index (κ1) is 19.1. The highest BCUT2D eigenvalue weighted by molar-refractivity contribution is 8.00. The van der Waals surface area contributed by atoms with Crippen molar-refractivity contribution in [2.45, 2.75) is 23.5 Å². The molecule has 0 aliphatic carbocycles. The molecule has 0 fully saturated rings. The molecule has 0 radical (unpaired) electrons.